The van der Waals surface area contributed by atoms with Crippen molar-refractivity contribution in [2.75, 3.05) is 98.2 Å². The van der Waals surface area contributed by atoms with E-state index in [2.05, 4.69) is 288 Å². The van der Waals surface area contributed by atoms with Crippen molar-refractivity contribution in [3.63, 3.8) is 0 Å². The van der Waals surface area contributed by atoms with E-state index in [1.165, 1.54) is 161 Å². The van der Waals surface area contributed by atoms with Gasteiger partial charge in [-0.15, -0.1) is 0 Å². The number of hydrogen-bond donors (Lipinski definition) is 8. The molecule has 4 saturated heterocycles. The molecule has 12 rings (SSSR count). The van der Waals surface area contributed by atoms with Gasteiger partial charge in [0.05, 0.1) is 11.6 Å². The molecule has 8 N–H and O–H groups in total. The third-order valence-corrected chi connectivity index (χ3v) is 21.8. The van der Waals surface area contributed by atoms with Crippen LogP contribution in [-0.2, 0) is 25.8 Å². The fourth-order valence-electron chi connectivity index (χ4n) is 14.8. The normalized spacial score (nSPS) is 15.2. The summed E-state index contributed by atoms with van der Waals surface area (Å²) < 4.78 is 25.6. The van der Waals surface area contributed by atoms with E-state index in [4.69, 9.17) is 28.5 Å². The van der Waals surface area contributed by atoms with E-state index < -0.39 is 0 Å². The lowest BCUT2D eigenvalue weighted by Crippen LogP contribution is -2.36. The molecule has 666 valence electrons. The average molecular weight is 1700 g/mol. The average Bonchev–Trinajstić information content (AvgIpc) is 1.85. The topological polar surface area (TPSA) is 133 Å². The maximum atomic E-state index is 13.1. The van der Waals surface area contributed by atoms with Gasteiger partial charge in [-0.3, -0.25) is 9.80 Å². The van der Waals surface area contributed by atoms with Crippen LogP contribution >= 0.6 is 23.2 Å². The van der Waals surface area contributed by atoms with Gasteiger partial charge in [-0.2, -0.15) is 5.26 Å². The van der Waals surface area contributed by atoms with Gasteiger partial charge < -0.3 is 52.3 Å². The zero-order valence-electron chi connectivity index (χ0n) is 77.0. The molecule has 0 radical (unpaired) electrons. The molecule has 0 amide bonds. The lowest BCUT2D eigenvalue weighted by molar-refractivity contribution is 0.235. The predicted molar refractivity (Wildman–Crippen MR) is 515 cm³/mol. The third kappa shape index (κ3) is 47.2. The molecule has 0 aromatic heterocycles. The highest BCUT2D eigenvalue weighted by Gasteiger charge is 2.27. The van der Waals surface area contributed by atoms with E-state index >= 15 is 0 Å². The van der Waals surface area contributed by atoms with Crippen LogP contribution in [0.1, 0.15) is 236 Å². The molecule has 4 atom stereocenters. The second-order valence-corrected chi connectivity index (χ2v) is 35.8. The molecule has 0 spiro atoms. The Morgan fingerprint density at radius 2 is 0.744 bits per heavy atom. The number of likely N-dealkylation sites (tertiary alicyclic amines) is 4. The van der Waals surface area contributed by atoms with E-state index in [1.807, 2.05) is 78.9 Å². The lowest BCUT2D eigenvalue weighted by Gasteiger charge is -2.29. The number of nitrogens with zero attached hydrogens (tertiary/aromatic N) is 5. The summed E-state index contributed by atoms with van der Waals surface area (Å²) in [6.07, 6.45) is 13.5. The van der Waals surface area contributed by atoms with Gasteiger partial charge in [-0.1, -0.05) is 298 Å². The van der Waals surface area contributed by atoms with Crippen LogP contribution in [0.25, 0.3) is 0 Å². The van der Waals surface area contributed by atoms with Gasteiger partial charge >= 0.3 is 0 Å². The van der Waals surface area contributed by atoms with E-state index in [-0.39, 0.29) is 11.6 Å². The molecule has 4 aliphatic rings. The van der Waals surface area contributed by atoms with E-state index in [9.17, 15) is 8.78 Å². The lowest BCUT2D eigenvalue weighted by atomic mass is 10.1. The van der Waals surface area contributed by atoms with Crippen LogP contribution in [0, 0.1) is 23.0 Å². The van der Waals surface area contributed by atoms with Crippen LogP contribution in [0.15, 0.2) is 212 Å². The van der Waals surface area contributed by atoms with Crippen molar-refractivity contribution in [2.45, 2.75) is 260 Å². The minimum atomic E-state index is -0.166. The Kier molecular flexibility index (Phi) is 54.0. The van der Waals surface area contributed by atoms with Crippen molar-refractivity contribution in [3.8, 4) is 6.07 Å². The number of nitriles is 1. The van der Waals surface area contributed by atoms with Crippen molar-refractivity contribution >= 4 is 23.2 Å². The van der Waals surface area contributed by atoms with Crippen molar-refractivity contribution in [3.05, 3.63) is 284 Å². The Bertz CT molecular complexity index is 3830. The Labute approximate surface area is 743 Å². The molecule has 0 aliphatic carbocycles. The molecule has 17 heteroatoms. The summed E-state index contributed by atoms with van der Waals surface area (Å²) in [6.45, 7) is 52.5. The van der Waals surface area contributed by atoms with Gasteiger partial charge in [0.15, 0.2) is 0 Å². The summed E-state index contributed by atoms with van der Waals surface area (Å²) in [7, 11) is 0. The molecular formula is C104H157Cl2F2N13. The van der Waals surface area contributed by atoms with Crippen molar-refractivity contribution in [2.24, 2.45) is 0 Å². The Hall–Kier alpha value is -6.79. The maximum absolute atomic E-state index is 13.1. The summed E-state index contributed by atoms with van der Waals surface area (Å²) in [5.41, 5.74) is 10.7. The minimum Gasteiger partial charge on any atom is -0.314 e. The summed E-state index contributed by atoms with van der Waals surface area (Å²) >= 11 is 12.2. The third-order valence-electron chi connectivity index (χ3n) is 21.2. The molecule has 4 aliphatic heterocycles. The van der Waals surface area contributed by atoms with Gasteiger partial charge in [-0.25, -0.2) is 8.78 Å². The number of rotatable bonds is 35. The standard InChI is InChI=1S/C15H23ClN2.3C15H24N2.C11H16ClN.2C11H16FN.C11H14N2/c1-12(2)17-11-15(18-9-5-6-10-18)13-7-3-4-8-14(13)16;2*1-13(2)16-15(12-17-10-6-7-11-17)14-8-4-3-5-9-14;1-13(2)16-12-15(17-10-6-7-11-17)14-8-4-3-5-9-14;1-9(2)13-7-6-10-4-3-5-11(12)8-10;1-9(2)13-8-7-10-3-5-11(12)6-4-10;1-9(2)13-8-7-10-5-3-4-6-11(10)12;1-9(2)13-8-11-5-3-10(7-12)4-6-11/h3-4,7-8,12,15,17H,5-6,9-11H2,1-2H3;3*3-5,8-9,13,15-16H,6-7,10-12H2,1-2H3;3-5,8-9,13H,6-7H2,1-2H3;2*3-6,9,13H,7-8H2,1-2H3;3-6,9,13H,8H2,1-2H3/t;2*15-;;;;;/m.10...../s1. The summed E-state index contributed by atoms with van der Waals surface area (Å²) in [6, 6.07) is 78.2. The van der Waals surface area contributed by atoms with Crippen LogP contribution < -0.4 is 42.5 Å². The molecular weight excluding hydrogens is 1540 g/mol. The summed E-state index contributed by atoms with van der Waals surface area (Å²) in [5.74, 6) is -0.270. The van der Waals surface area contributed by atoms with Gasteiger partial charge in [0.25, 0.3) is 0 Å². The molecule has 0 bridgehead atoms. The quantitative estimate of drug-likeness (QED) is 0.0192. The fourth-order valence-corrected chi connectivity index (χ4v) is 15.3. The molecule has 8 aromatic carbocycles. The summed E-state index contributed by atoms with van der Waals surface area (Å²) in [5, 5.41) is 38.0. The van der Waals surface area contributed by atoms with Crippen LogP contribution in [0.4, 0.5) is 8.78 Å². The van der Waals surface area contributed by atoms with Crippen molar-refractivity contribution < 1.29 is 8.78 Å². The second-order valence-electron chi connectivity index (χ2n) is 34.9. The first-order valence-electron chi connectivity index (χ1n) is 45.7. The van der Waals surface area contributed by atoms with E-state index in [1.54, 1.807) is 6.07 Å². The predicted octanol–water partition coefficient (Wildman–Crippen LogP) is 21.6. The van der Waals surface area contributed by atoms with Gasteiger partial charge in [0.2, 0.25) is 0 Å². The molecule has 4 fully saturated rings. The first kappa shape index (κ1) is 105. The minimum absolute atomic E-state index is 0.104. The van der Waals surface area contributed by atoms with Gasteiger partial charge in [0, 0.05) is 115 Å². The van der Waals surface area contributed by atoms with E-state index in [0.717, 1.165) is 87.2 Å². The zero-order valence-corrected chi connectivity index (χ0v) is 78.5. The molecule has 4 heterocycles. The highest BCUT2D eigenvalue weighted by Crippen LogP contribution is 2.31. The van der Waals surface area contributed by atoms with Gasteiger partial charge in [0.1, 0.15) is 11.6 Å². The van der Waals surface area contributed by atoms with Crippen molar-refractivity contribution in [1.82, 2.24) is 62.1 Å². The van der Waals surface area contributed by atoms with Crippen LogP contribution in [0.3, 0.4) is 0 Å². The van der Waals surface area contributed by atoms with Crippen LogP contribution in [0.5, 0.6) is 0 Å². The molecule has 8 aromatic rings. The van der Waals surface area contributed by atoms with Crippen LogP contribution in [0.2, 0.25) is 10.0 Å². The van der Waals surface area contributed by atoms with E-state index in [0.29, 0.717) is 78.1 Å². The summed E-state index contributed by atoms with van der Waals surface area (Å²) in [4.78, 5) is 10.3. The molecule has 0 saturated carbocycles. The highest BCUT2D eigenvalue weighted by molar-refractivity contribution is 6.31. The van der Waals surface area contributed by atoms with Crippen LogP contribution in [-0.4, -0.2) is 166 Å². The Morgan fingerprint density at radius 1 is 0.355 bits per heavy atom. The first-order chi connectivity index (χ1) is 58.2. The zero-order chi connectivity index (χ0) is 87.9. The number of benzene rings is 8. The highest BCUT2D eigenvalue weighted by atomic mass is 35.5. The number of hydrogen-bond acceptors (Lipinski definition) is 13. The molecule has 121 heavy (non-hydrogen) atoms. The monoisotopic (exact) mass is 1700 g/mol. The second kappa shape index (κ2) is 62.3. The Morgan fingerprint density at radius 3 is 1.17 bits per heavy atom. The number of halogens is 4. The van der Waals surface area contributed by atoms with Crippen molar-refractivity contribution in [1.29, 1.82) is 5.26 Å². The largest absolute Gasteiger partial charge is 0.314 e. The SMILES string of the molecule is CC(C)NCC(c1ccccc1)N1CCCC1.CC(C)NCC(c1ccccc1Cl)N1CCCC1.CC(C)NCCc1ccc(F)cc1.CC(C)NCCc1cccc(Cl)c1.CC(C)NCCc1ccccc1F.CC(C)NCc1ccc(C#N)cc1.CC(C)N[C@@H](CN1CCCC1)c1ccccc1.CC(C)N[C@H](CN1CCCC1)c1ccccc1. The van der Waals surface area contributed by atoms with Gasteiger partial charge in [-0.05, 0) is 236 Å². The molecule has 13 nitrogen and oxygen atoms in total. The first-order valence-corrected chi connectivity index (χ1v) is 46.5. The molecule has 2 unspecified atom stereocenters. The fraction of sp³-hybridized carbons (Fsp3) is 0.529. The smallest absolute Gasteiger partial charge is 0.126 e. The maximum Gasteiger partial charge on any atom is 0.126 e. The number of nitrogens with one attached hydrogen (secondary N) is 8. The Balaban J connectivity index is 0.000000247.